The summed E-state index contributed by atoms with van der Waals surface area (Å²) in [6, 6.07) is 14.4. The highest BCUT2D eigenvalue weighted by Crippen LogP contribution is 2.38. The first-order chi connectivity index (χ1) is 9.97. The zero-order valence-electron chi connectivity index (χ0n) is 11.9. The summed E-state index contributed by atoms with van der Waals surface area (Å²) in [5, 5.41) is 0. The van der Waals surface area contributed by atoms with Crippen molar-refractivity contribution in [1.82, 2.24) is 0 Å². The van der Waals surface area contributed by atoms with E-state index in [1.807, 2.05) is 24.3 Å². The quantitative estimate of drug-likeness (QED) is 0.568. The van der Waals surface area contributed by atoms with Crippen molar-refractivity contribution in [3.05, 3.63) is 59.2 Å². The molecule has 0 heterocycles. The van der Waals surface area contributed by atoms with E-state index in [4.69, 9.17) is 16.2 Å². The summed E-state index contributed by atoms with van der Waals surface area (Å²) in [6.07, 6.45) is 0.863. The topological polar surface area (TPSA) is 78.3 Å². The molecule has 4 heteroatoms. The number of carbonyl (C=O) groups excluding carboxylic acids is 1. The predicted octanol–water partition coefficient (Wildman–Crippen LogP) is 1.93. The van der Waals surface area contributed by atoms with Gasteiger partial charge in [-0.3, -0.25) is 0 Å². The van der Waals surface area contributed by atoms with Gasteiger partial charge in [0.15, 0.2) is 5.66 Å². The van der Waals surface area contributed by atoms with Crippen molar-refractivity contribution in [3.63, 3.8) is 0 Å². The minimum absolute atomic E-state index is 0.194. The van der Waals surface area contributed by atoms with E-state index in [0.717, 1.165) is 12.0 Å². The van der Waals surface area contributed by atoms with Crippen LogP contribution in [0, 0.1) is 0 Å². The van der Waals surface area contributed by atoms with E-state index >= 15 is 0 Å². The van der Waals surface area contributed by atoms with Crippen LogP contribution < -0.4 is 11.5 Å². The highest BCUT2D eigenvalue weighted by Gasteiger charge is 2.26. The fourth-order valence-corrected chi connectivity index (χ4v) is 2.66. The Kier molecular flexibility index (Phi) is 3.27. The van der Waals surface area contributed by atoms with Crippen LogP contribution in [0.4, 0.5) is 0 Å². The Morgan fingerprint density at radius 2 is 1.86 bits per heavy atom. The van der Waals surface area contributed by atoms with Crippen LogP contribution in [-0.2, 0) is 22.6 Å². The summed E-state index contributed by atoms with van der Waals surface area (Å²) in [6.45, 7) is 1.63. The largest absolute Gasteiger partial charge is 0.458 e. The molecule has 21 heavy (non-hydrogen) atoms. The van der Waals surface area contributed by atoms with E-state index in [1.165, 1.54) is 29.2 Å². The maximum Gasteiger partial charge on any atom is 0.340 e. The molecule has 0 atom stereocenters. The Morgan fingerprint density at radius 1 is 1.14 bits per heavy atom. The Labute approximate surface area is 123 Å². The highest BCUT2D eigenvalue weighted by atomic mass is 16.5. The van der Waals surface area contributed by atoms with Gasteiger partial charge in [-0.2, -0.15) is 0 Å². The second-order valence-corrected chi connectivity index (χ2v) is 5.64. The molecule has 2 aromatic rings. The molecule has 0 fully saturated rings. The third-order valence-electron chi connectivity index (χ3n) is 3.75. The molecule has 0 spiro atoms. The van der Waals surface area contributed by atoms with Crippen LogP contribution in [0.2, 0.25) is 0 Å². The lowest BCUT2D eigenvalue weighted by molar-refractivity contribution is -0.150. The van der Waals surface area contributed by atoms with Crippen LogP contribution >= 0.6 is 0 Å². The van der Waals surface area contributed by atoms with E-state index < -0.39 is 11.6 Å². The number of hydrogen-bond acceptors (Lipinski definition) is 4. The average molecular weight is 282 g/mol. The molecule has 0 aliphatic heterocycles. The number of hydrogen-bond donors (Lipinski definition) is 2. The molecule has 0 radical (unpaired) electrons. The fraction of sp³-hybridized carbons (Fsp3) is 0.235. The van der Waals surface area contributed by atoms with Gasteiger partial charge in [0, 0.05) is 0 Å². The average Bonchev–Trinajstić information content (AvgIpc) is 2.83. The smallest absolute Gasteiger partial charge is 0.340 e. The molecule has 0 unspecified atom stereocenters. The molecular weight excluding hydrogens is 264 g/mol. The molecule has 0 bridgehead atoms. The number of ether oxygens (including phenoxy) is 1. The van der Waals surface area contributed by atoms with Gasteiger partial charge in [0.05, 0.1) is 0 Å². The number of benzene rings is 2. The lowest BCUT2D eigenvalue weighted by Gasteiger charge is -2.17. The third kappa shape index (κ3) is 2.55. The third-order valence-corrected chi connectivity index (χ3v) is 3.75. The predicted molar refractivity (Wildman–Crippen MR) is 81.3 cm³/mol. The molecule has 0 aromatic heterocycles. The first kappa shape index (κ1) is 13.8. The molecule has 0 saturated carbocycles. The minimum Gasteiger partial charge on any atom is -0.458 e. The van der Waals surface area contributed by atoms with Crippen LogP contribution in [0.1, 0.15) is 23.6 Å². The summed E-state index contributed by atoms with van der Waals surface area (Å²) in [4.78, 5) is 11.7. The van der Waals surface area contributed by atoms with Crippen LogP contribution in [0.15, 0.2) is 42.5 Å². The normalized spacial score (nSPS) is 12.7. The molecule has 0 saturated heterocycles. The summed E-state index contributed by atoms with van der Waals surface area (Å²) in [5.41, 5.74) is 15.6. The molecule has 4 nitrogen and oxygen atoms in total. The van der Waals surface area contributed by atoms with Crippen molar-refractivity contribution in [2.75, 3.05) is 0 Å². The summed E-state index contributed by atoms with van der Waals surface area (Å²) >= 11 is 0. The Morgan fingerprint density at radius 3 is 2.62 bits per heavy atom. The molecule has 3 rings (SSSR count). The zero-order chi connectivity index (χ0) is 15.0. The number of nitrogens with two attached hydrogens (primary N) is 2. The van der Waals surface area contributed by atoms with Gasteiger partial charge in [-0.15, -0.1) is 0 Å². The first-order valence-corrected chi connectivity index (χ1v) is 6.91. The lowest BCUT2D eigenvalue weighted by atomic mass is 10.0. The van der Waals surface area contributed by atoms with Gasteiger partial charge in [0.2, 0.25) is 0 Å². The van der Waals surface area contributed by atoms with E-state index in [9.17, 15) is 4.79 Å². The van der Waals surface area contributed by atoms with Crippen molar-refractivity contribution in [1.29, 1.82) is 0 Å². The van der Waals surface area contributed by atoms with E-state index in [-0.39, 0.29) is 6.61 Å². The maximum absolute atomic E-state index is 11.7. The molecule has 1 aliphatic rings. The molecular formula is C17H18N2O2. The summed E-state index contributed by atoms with van der Waals surface area (Å²) in [5.74, 6) is -0.601. The Balaban J connectivity index is 1.86. The van der Waals surface area contributed by atoms with Gasteiger partial charge < -0.3 is 16.2 Å². The maximum atomic E-state index is 11.7. The van der Waals surface area contributed by atoms with E-state index in [1.54, 1.807) is 0 Å². The van der Waals surface area contributed by atoms with Gasteiger partial charge in [-0.25, -0.2) is 4.79 Å². The first-order valence-electron chi connectivity index (χ1n) is 6.91. The zero-order valence-corrected chi connectivity index (χ0v) is 11.9. The molecule has 108 valence electrons. The van der Waals surface area contributed by atoms with E-state index in [2.05, 4.69) is 18.2 Å². The Hall–Kier alpha value is -2.17. The molecule has 1 aliphatic carbocycles. The van der Waals surface area contributed by atoms with Crippen LogP contribution in [-0.4, -0.2) is 11.6 Å². The van der Waals surface area contributed by atoms with Crippen molar-refractivity contribution in [2.45, 2.75) is 25.6 Å². The highest BCUT2D eigenvalue weighted by molar-refractivity contribution is 5.80. The number of esters is 1. The van der Waals surface area contributed by atoms with Crippen molar-refractivity contribution in [2.24, 2.45) is 11.5 Å². The van der Waals surface area contributed by atoms with Gasteiger partial charge in [-0.05, 0) is 41.2 Å². The summed E-state index contributed by atoms with van der Waals surface area (Å²) in [7, 11) is 0. The fourth-order valence-electron chi connectivity index (χ4n) is 2.66. The summed E-state index contributed by atoms with van der Waals surface area (Å²) < 4.78 is 5.23. The van der Waals surface area contributed by atoms with Crippen molar-refractivity contribution >= 4 is 5.97 Å². The van der Waals surface area contributed by atoms with Crippen LogP contribution in [0.5, 0.6) is 0 Å². The standard InChI is InChI=1S/C17H18N2O2/c1-17(18,19)16(20)21-10-12-6-4-8-14-13-7-3-2-5-11(13)9-15(12)14/h2-8H,9-10,18-19H2,1H3. The van der Waals surface area contributed by atoms with Crippen molar-refractivity contribution < 1.29 is 9.53 Å². The van der Waals surface area contributed by atoms with Crippen molar-refractivity contribution in [3.8, 4) is 11.1 Å². The van der Waals surface area contributed by atoms with Crippen LogP contribution in [0.25, 0.3) is 11.1 Å². The van der Waals surface area contributed by atoms with Crippen LogP contribution in [0.3, 0.4) is 0 Å². The number of fused-ring (bicyclic) bond motifs is 3. The number of carbonyl (C=O) groups is 1. The molecule has 2 aromatic carbocycles. The second-order valence-electron chi connectivity index (χ2n) is 5.64. The minimum atomic E-state index is -1.46. The SMILES string of the molecule is CC(N)(N)C(=O)OCc1cccc2c1Cc1ccccc1-2. The van der Waals surface area contributed by atoms with Gasteiger partial charge in [-0.1, -0.05) is 42.5 Å². The van der Waals surface area contributed by atoms with Gasteiger partial charge >= 0.3 is 5.97 Å². The monoisotopic (exact) mass is 282 g/mol. The van der Waals surface area contributed by atoms with E-state index in [0.29, 0.717) is 0 Å². The Bertz CT molecular complexity index is 702. The molecule has 0 amide bonds. The number of rotatable bonds is 3. The second kappa shape index (κ2) is 4.98. The lowest BCUT2D eigenvalue weighted by Crippen LogP contribution is -2.54. The van der Waals surface area contributed by atoms with Gasteiger partial charge in [0.1, 0.15) is 6.61 Å². The molecule has 4 N–H and O–H groups in total. The van der Waals surface area contributed by atoms with Gasteiger partial charge in [0.25, 0.3) is 0 Å².